The molecule has 1 aliphatic heterocycles. The third kappa shape index (κ3) is 1.69. The molecule has 0 aromatic rings. The van der Waals surface area contributed by atoms with Crippen molar-refractivity contribution in [2.75, 3.05) is 6.54 Å². The van der Waals surface area contributed by atoms with Gasteiger partial charge in [0.1, 0.15) is 0 Å². The van der Waals surface area contributed by atoms with E-state index in [1.807, 2.05) is 0 Å². The molecule has 1 radical (unpaired) electrons. The van der Waals surface area contributed by atoms with Crippen molar-refractivity contribution in [1.29, 1.82) is 0 Å². The topological polar surface area (TPSA) is 78.2 Å². The molecule has 5 nitrogen and oxygen atoms in total. The van der Waals surface area contributed by atoms with Crippen LogP contribution in [-0.2, 0) is 14.4 Å². The minimum absolute atomic E-state index is 0.00694. The summed E-state index contributed by atoms with van der Waals surface area (Å²) in [6.45, 7) is 0.00694. The van der Waals surface area contributed by atoms with Gasteiger partial charge in [-0.3, -0.25) is 25.0 Å². The van der Waals surface area contributed by atoms with E-state index in [4.69, 9.17) is 5.73 Å². The monoisotopic (exact) mass is 167 g/mol. The molecule has 0 saturated heterocycles. The number of hydrogen-bond acceptors (Lipinski definition) is 3. The highest BCUT2D eigenvalue weighted by atomic mass is 16.2. The summed E-state index contributed by atoms with van der Waals surface area (Å²) in [4.78, 5) is 32.8. The molecule has 63 valence electrons. The predicted molar refractivity (Wildman–Crippen MR) is 38.6 cm³/mol. The SMILES string of the molecule is [NH]C(=O)CCN1C(=O)C=CC1=O. The summed E-state index contributed by atoms with van der Waals surface area (Å²) in [6, 6.07) is 0. The van der Waals surface area contributed by atoms with Crippen LogP contribution in [0.15, 0.2) is 12.2 Å². The molecule has 5 heteroatoms. The van der Waals surface area contributed by atoms with E-state index in [1.54, 1.807) is 0 Å². The fraction of sp³-hybridized carbons (Fsp3) is 0.286. The highest BCUT2D eigenvalue weighted by molar-refractivity contribution is 6.12. The summed E-state index contributed by atoms with van der Waals surface area (Å²) < 4.78 is 0. The van der Waals surface area contributed by atoms with Crippen LogP contribution in [0.1, 0.15) is 6.42 Å². The van der Waals surface area contributed by atoms with Crippen molar-refractivity contribution >= 4 is 17.7 Å². The van der Waals surface area contributed by atoms with E-state index in [2.05, 4.69) is 0 Å². The Morgan fingerprint density at radius 1 is 1.33 bits per heavy atom. The molecule has 0 spiro atoms. The van der Waals surface area contributed by atoms with Gasteiger partial charge in [-0.15, -0.1) is 0 Å². The molecule has 3 amide bonds. The molecular weight excluding hydrogens is 160 g/mol. The van der Waals surface area contributed by atoms with Gasteiger partial charge >= 0.3 is 0 Å². The predicted octanol–water partition coefficient (Wildman–Crippen LogP) is -0.889. The summed E-state index contributed by atoms with van der Waals surface area (Å²) in [5, 5.41) is 0. The Balaban J connectivity index is 2.48. The molecule has 0 bridgehead atoms. The van der Waals surface area contributed by atoms with Gasteiger partial charge in [-0.25, -0.2) is 0 Å². The molecule has 1 rings (SSSR count). The second-order valence-corrected chi connectivity index (χ2v) is 2.33. The Labute approximate surface area is 68.8 Å². The molecule has 1 aliphatic rings. The van der Waals surface area contributed by atoms with Crippen molar-refractivity contribution in [2.24, 2.45) is 0 Å². The van der Waals surface area contributed by atoms with Gasteiger partial charge in [0.25, 0.3) is 11.8 Å². The lowest BCUT2D eigenvalue weighted by atomic mass is 10.4. The van der Waals surface area contributed by atoms with Crippen LogP contribution in [-0.4, -0.2) is 29.2 Å². The standard InChI is InChI=1S/C7H7N2O3/c8-5(10)3-4-9-6(11)1-2-7(9)12/h1-2,8H,3-4H2. The molecule has 0 aliphatic carbocycles. The van der Waals surface area contributed by atoms with E-state index in [0.717, 1.165) is 17.1 Å². The Kier molecular flexibility index (Phi) is 2.23. The van der Waals surface area contributed by atoms with Gasteiger partial charge in [0.05, 0.1) is 0 Å². The van der Waals surface area contributed by atoms with E-state index in [0.29, 0.717) is 0 Å². The number of amides is 3. The lowest BCUT2D eigenvalue weighted by Crippen LogP contribution is -2.32. The van der Waals surface area contributed by atoms with E-state index in [9.17, 15) is 14.4 Å². The molecule has 0 unspecified atom stereocenters. The van der Waals surface area contributed by atoms with Crippen molar-refractivity contribution < 1.29 is 14.4 Å². The Morgan fingerprint density at radius 3 is 2.25 bits per heavy atom. The maximum absolute atomic E-state index is 10.8. The minimum atomic E-state index is -0.775. The first-order chi connectivity index (χ1) is 5.61. The molecule has 0 aromatic heterocycles. The summed E-state index contributed by atoms with van der Waals surface area (Å²) in [6.07, 6.45) is 2.20. The molecule has 0 aromatic carbocycles. The van der Waals surface area contributed by atoms with Gasteiger partial charge in [0, 0.05) is 25.1 Å². The fourth-order valence-corrected chi connectivity index (χ4v) is 0.865. The number of rotatable bonds is 3. The second-order valence-electron chi connectivity index (χ2n) is 2.33. The van der Waals surface area contributed by atoms with Crippen LogP contribution in [0.4, 0.5) is 0 Å². The van der Waals surface area contributed by atoms with Crippen molar-refractivity contribution in [3.05, 3.63) is 12.2 Å². The molecule has 0 fully saturated rings. The van der Waals surface area contributed by atoms with Crippen molar-refractivity contribution in [3.8, 4) is 0 Å². The van der Waals surface area contributed by atoms with Gasteiger partial charge in [0.15, 0.2) is 0 Å². The smallest absolute Gasteiger partial charge is 0.253 e. The van der Waals surface area contributed by atoms with Gasteiger partial charge in [-0.1, -0.05) is 0 Å². The number of imide groups is 1. The molecule has 12 heavy (non-hydrogen) atoms. The first-order valence-corrected chi connectivity index (χ1v) is 3.39. The van der Waals surface area contributed by atoms with Crippen LogP contribution in [0, 0.1) is 0 Å². The molecule has 1 heterocycles. The Morgan fingerprint density at radius 2 is 1.83 bits per heavy atom. The van der Waals surface area contributed by atoms with E-state index in [1.165, 1.54) is 0 Å². The largest absolute Gasteiger partial charge is 0.275 e. The fourth-order valence-electron chi connectivity index (χ4n) is 0.865. The third-order valence-electron chi connectivity index (χ3n) is 1.46. The van der Waals surface area contributed by atoms with Crippen LogP contribution in [0.3, 0.4) is 0 Å². The van der Waals surface area contributed by atoms with Gasteiger partial charge in [-0.2, -0.15) is 0 Å². The average molecular weight is 167 g/mol. The van der Waals surface area contributed by atoms with Crippen LogP contribution >= 0.6 is 0 Å². The zero-order chi connectivity index (χ0) is 9.14. The molecule has 0 saturated carbocycles. The van der Waals surface area contributed by atoms with Gasteiger partial charge in [0.2, 0.25) is 5.91 Å². The van der Waals surface area contributed by atoms with Crippen LogP contribution in [0.25, 0.3) is 0 Å². The minimum Gasteiger partial charge on any atom is -0.275 e. The van der Waals surface area contributed by atoms with Gasteiger partial charge in [-0.05, 0) is 0 Å². The summed E-state index contributed by atoms with van der Waals surface area (Å²) in [5.74, 6) is -1.61. The van der Waals surface area contributed by atoms with E-state index < -0.39 is 17.7 Å². The maximum Gasteiger partial charge on any atom is 0.253 e. The lowest BCUT2D eigenvalue weighted by molar-refractivity contribution is -0.137. The Hall–Kier alpha value is -1.65. The second kappa shape index (κ2) is 3.17. The van der Waals surface area contributed by atoms with Crippen LogP contribution in [0.2, 0.25) is 0 Å². The molecular formula is C7H7N2O3. The van der Waals surface area contributed by atoms with Crippen LogP contribution < -0.4 is 5.73 Å². The number of nitrogens with one attached hydrogen (secondary N) is 1. The quantitative estimate of drug-likeness (QED) is 0.511. The highest BCUT2D eigenvalue weighted by Crippen LogP contribution is 2.03. The lowest BCUT2D eigenvalue weighted by Gasteiger charge is -2.10. The highest BCUT2D eigenvalue weighted by Gasteiger charge is 2.22. The number of nitrogens with zero attached hydrogens (tertiary/aromatic N) is 1. The van der Waals surface area contributed by atoms with E-state index in [-0.39, 0.29) is 13.0 Å². The maximum atomic E-state index is 10.8. The summed E-state index contributed by atoms with van der Waals surface area (Å²) in [5.41, 5.74) is 6.56. The summed E-state index contributed by atoms with van der Waals surface area (Å²) >= 11 is 0. The zero-order valence-corrected chi connectivity index (χ0v) is 6.24. The van der Waals surface area contributed by atoms with E-state index >= 15 is 0 Å². The average Bonchev–Trinajstić information content (AvgIpc) is 2.28. The zero-order valence-electron chi connectivity index (χ0n) is 6.24. The number of hydrogen-bond donors (Lipinski definition) is 0. The first kappa shape index (κ1) is 8.45. The number of carbonyl (C=O) groups excluding carboxylic acids is 3. The summed E-state index contributed by atoms with van der Waals surface area (Å²) in [7, 11) is 0. The van der Waals surface area contributed by atoms with Crippen molar-refractivity contribution in [3.63, 3.8) is 0 Å². The Bertz CT molecular complexity index is 252. The van der Waals surface area contributed by atoms with Gasteiger partial charge < -0.3 is 0 Å². The normalized spacial score (nSPS) is 15.8. The van der Waals surface area contributed by atoms with Crippen LogP contribution in [0.5, 0.6) is 0 Å². The molecule has 1 N–H and O–H groups in total. The number of carbonyl (C=O) groups is 3. The first-order valence-electron chi connectivity index (χ1n) is 3.39. The van der Waals surface area contributed by atoms with Crippen molar-refractivity contribution in [1.82, 2.24) is 10.6 Å². The van der Waals surface area contributed by atoms with Crippen molar-refractivity contribution in [2.45, 2.75) is 6.42 Å². The third-order valence-corrected chi connectivity index (χ3v) is 1.46. The molecule has 0 atom stereocenters.